The predicted octanol–water partition coefficient (Wildman–Crippen LogP) is 2.82. The summed E-state index contributed by atoms with van der Waals surface area (Å²) in [7, 11) is 1.84. The molecule has 6 heteroatoms. The van der Waals surface area contributed by atoms with Gasteiger partial charge < -0.3 is 10.6 Å². The molecule has 3 rings (SSSR count). The molecule has 2 N–H and O–H groups in total. The summed E-state index contributed by atoms with van der Waals surface area (Å²) in [6, 6.07) is 11.2. The zero-order chi connectivity index (χ0) is 18.2. The Bertz CT molecular complexity index is 689. The summed E-state index contributed by atoms with van der Waals surface area (Å²) < 4.78 is 0. The summed E-state index contributed by atoms with van der Waals surface area (Å²) >= 11 is 1.71. The molecule has 5 nitrogen and oxygen atoms in total. The molecule has 1 saturated heterocycles. The van der Waals surface area contributed by atoms with Crippen molar-refractivity contribution in [3.05, 3.63) is 52.0 Å². The number of thiazole rings is 1. The highest BCUT2D eigenvalue weighted by molar-refractivity contribution is 7.09. The number of likely N-dealkylation sites (tertiary alicyclic amines) is 1. The maximum Gasteiger partial charge on any atom is 0.191 e. The summed E-state index contributed by atoms with van der Waals surface area (Å²) in [4.78, 5) is 11.4. The van der Waals surface area contributed by atoms with Crippen LogP contribution in [0.2, 0.25) is 0 Å². The molecule has 0 amide bonds. The van der Waals surface area contributed by atoms with Crippen LogP contribution in [0.1, 0.15) is 29.1 Å². The van der Waals surface area contributed by atoms with Crippen molar-refractivity contribution in [1.82, 2.24) is 20.5 Å². The van der Waals surface area contributed by atoms with E-state index in [2.05, 4.69) is 61.2 Å². The molecule has 0 saturated carbocycles. The van der Waals surface area contributed by atoms with Crippen LogP contribution in [0.4, 0.5) is 0 Å². The quantitative estimate of drug-likeness (QED) is 0.606. The molecule has 0 bridgehead atoms. The van der Waals surface area contributed by atoms with Crippen molar-refractivity contribution < 1.29 is 0 Å². The Morgan fingerprint density at radius 2 is 2.04 bits per heavy atom. The zero-order valence-corrected chi connectivity index (χ0v) is 16.6. The van der Waals surface area contributed by atoms with Crippen LogP contribution in [0.15, 0.2) is 40.7 Å². The van der Waals surface area contributed by atoms with Crippen molar-refractivity contribution in [2.45, 2.75) is 38.8 Å². The van der Waals surface area contributed by atoms with Gasteiger partial charge in [-0.1, -0.05) is 30.3 Å². The van der Waals surface area contributed by atoms with Gasteiger partial charge in [-0.3, -0.25) is 9.89 Å². The lowest BCUT2D eigenvalue weighted by Crippen LogP contribution is -2.48. The first-order valence-electron chi connectivity index (χ1n) is 9.37. The Labute approximate surface area is 160 Å². The minimum Gasteiger partial charge on any atom is -0.356 e. The topological polar surface area (TPSA) is 52.6 Å². The predicted molar refractivity (Wildman–Crippen MR) is 110 cm³/mol. The van der Waals surface area contributed by atoms with E-state index >= 15 is 0 Å². The second-order valence-corrected chi connectivity index (χ2v) is 7.85. The molecule has 140 valence electrons. The third kappa shape index (κ3) is 5.81. The summed E-state index contributed by atoms with van der Waals surface area (Å²) in [5.74, 6) is 0.901. The number of aromatic nitrogens is 1. The molecule has 1 aliphatic rings. The Morgan fingerprint density at radius 1 is 1.27 bits per heavy atom. The fraction of sp³-hybridized carbons (Fsp3) is 0.500. The van der Waals surface area contributed by atoms with Crippen LogP contribution in [0.5, 0.6) is 0 Å². The number of benzene rings is 1. The van der Waals surface area contributed by atoms with Crippen molar-refractivity contribution in [2.24, 2.45) is 4.99 Å². The van der Waals surface area contributed by atoms with Crippen LogP contribution in [-0.4, -0.2) is 48.6 Å². The smallest absolute Gasteiger partial charge is 0.191 e. The summed E-state index contributed by atoms with van der Waals surface area (Å²) in [5.41, 5.74) is 2.55. The van der Waals surface area contributed by atoms with Gasteiger partial charge in [0.05, 0.1) is 10.7 Å². The Morgan fingerprint density at radius 3 is 2.69 bits per heavy atom. The van der Waals surface area contributed by atoms with E-state index in [-0.39, 0.29) is 0 Å². The van der Waals surface area contributed by atoms with E-state index in [4.69, 9.17) is 0 Å². The molecular weight excluding hydrogens is 342 g/mol. The lowest BCUT2D eigenvalue weighted by atomic mass is 10.0. The Hall–Kier alpha value is -1.92. The average Bonchev–Trinajstić information content (AvgIpc) is 3.08. The number of hydrogen-bond acceptors (Lipinski definition) is 4. The van der Waals surface area contributed by atoms with Gasteiger partial charge in [0.2, 0.25) is 0 Å². The van der Waals surface area contributed by atoms with Crippen LogP contribution >= 0.6 is 11.3 Å². The van der Waals surface area contributed by atoms with Gasteiger partial charge in [-0.05, 0) is 25.3 Å². The standard InChI is InChI=1S/C20H29N5S/c1-16-23-19(15-26-16)8-11-22-20(21-2)24-18-9-12-25(13-10-18)14-17-6-4-3-5-7-17/h3-7,15,18H,8-14H2,1-2H3,(H2,21,22,24). The summed E-state index contributed by atoms with van der Waals surface area (Å²) in [6.07, 6.45) is 3.23. The molecule has 0 radical (unpaired) electrons. The maximum absolute atomic E-state index is 4.50. The zero-order valence-electron chi connectivity index (χ0n) is 15.7. The first-order valence-corrected chi connectivity index (χ1v) is 10.3. The van der Waals surface area contributed by atoms with Crippen molar-refractivity contribution >= 4 is 17.3 Å². The third-order valence-electron chi connectivity index (χ3n) is 4.74. The fourth-order valence-electron chi connectivity index (χ4n) is 3.30. The van der Waals surface area contributed by atoms with Crippen molar-refractivity contribution in [3.8, 4) is 0 Å². The minimum atomic E-state index is 0.495. The Balaban J connectivity index is 1.37. The second-order valence-electron chi connectivity index (χ2n) is 6.79. The molecule has 1 aliphatic heterocycles. The lowest BCUT2D eigenvalue weighted by Gasteiger charge is -2.33. The van der Waals surface area contributed by atoms with Crippen molar-refractivity contribution in [1.29, 1.82) is 0 Å². The molecule has 1 aromatic carbocycles. The first kappa shape index (κ1) is 18.9. The van der Waals surface area contributed by atoms with E-state index in [1.807, 2.05) is 14.0 Å². The van der Waals surface area contributed by atoms with Gasteiger partial charge in [-0.25, -0.2) is 4.98 Å². The molecule has 0 spiro atoms. The number of nitrogens with one attached hydrogen (secondary N) is 2. The van der Waals surface area contributed by atoms with Crippen LogP contribution in [-0.2, 0) is 13.0 Å². The highest BCUT2D eigenvalue weighted by atomic mass is 32.1. The maximum atomic E-state index is 4.50. The van der Waals surface area contributed by atoms with E-state index in [0.29, 0.717) is 6.04 Å². The number of guanidine groups is 1. The largest absolute Gasteiger partial charge is 0.356 e. The normalized spacial score (nSPS) is 16.6. The van der Waals surface area contributed by atoms with Crippen LogP contribution in [0.3, 0.4) is 0 Å². The number of hydrogen-bond donors (Lipinski definition) is 2. The Kier molecular flexibility index (Phi) is 7.03. The number of piperidine rings is 1. The third-order valence-corrected chi connectivity index (χ3v) is 5.56. The summed E-state index contributed by atoms with van der Waals surface area (Å²) in [6.45, 7) is 6.21. The molecule has 0 aliphatic carbocycles. The van der Waals surface area contributed by atoms with Gasteiger partial charge in [0.1, 0.15) is 0 Å². The van der Waals surface area contributed by atoms with E-state index in [9.17, 15) is 0 Å². The van der Waals surface area contributed by atoms with Crippen molar-refractivity contribution in [2.75, 3.05) is 26.7 Å². The van der Waals surface area contributed by atoms with Gasteiger partial charge in [-0.15, -0.1) is 11.3 Å². The van der Waals surface area contributed by atoms with E-state index < -0.39 is 0 Å². The molecule has 2 heterocycles. The van der Waals surface area contributed by atoms with Gasteiger partial charge in [0.25, 0.3) is 0 Å². The SMILES string of the molecule is CN=C(NCCc1csc(C)n1)NC1CCN(Cc2ccccc2)CC1. The number of nitrogens with zero attached hydrogens (tertiary/aromatic N) is 3. The van der Waals surface area contributed by atoms with Gasteiger partial charge in [0.15, 0.2) is 5.96 Å². The van der Waals surface area contributed by atoms with Crippen LogP contribution in [0, 0.1) is 6.92 Å². The molecule has 0 unspecified atom stereocenters. The highest BCUT2D eigenvalue weighted by Crippen LogP contribution is 2.14. The first-order chi connectivity index (χ1) is 12.7. The van der Waals surface area contributed by atoms with E-state index in [1.54, 1.807) is 11.3 Å². The van der Waals surface area contributed by atoms with Crippen LogP contribution < -0.4 is 10.6 Å². The van der Waals surface area contributed by atoms with Gasteiger partial charge in [0, 0.05) is 51.1 Å². The van der Waals surface area contributed by atoms with Gasteiger partial charge in [-0.2, -0.15) is 0 Å². The second kappa shape index (κ2) is 9.69. The van der Waals surface area contributed by atoms with E-state index in [0.717, 1.165) is 62.1 Å². The van der Waals surface area contributed by atoms with Crippen molar-refractivity contribution in [3.63, 3.8) is 0 Å². The minimum absolute atomic E-state index is 0.495. The van der Waals surface area contributed by atoms with Crippen LogP contribution in [0.25, 0.3) is 0 Å². The lowest BCUT2D eigenvalue weighted by molar-refractivity contribution is 0.198. The molecule has 2 aromatic rings. The number of aliphatic imine (C=N–C) groups is 1. The fourth-order valence-corrected chi connectivity index (χ4v) is 3.94. The monoisotopic (exact) mass is 371 g/mol. The molecule has 26 heavy (non-hydrogen) atoms. The highest BCUT2D eigenvalue weighted by Gasteiger charge is 2.19. The average molecular weight is 372 g/mol. The molecule has 1 fully saturated rings. The summed E-state index contributed by atoms with van der Waals surface area (Å²) in [5, 5.41) is 10.3. The molecule has 1 aromatic heterocycles. The molecule has 0 atom stereocenters. The van der Waals surface area contributed by atoms with E-state index in [1.165, 1.54) is 5.56 Å². The number of rotatable bonds is 6. The molecular formula is C20H29N5S. The number of aryl methyl sites for hydroxylation is 1. The van der Waals surface area contributed by atoms with Gasteiger partial charge >= 0.3 is 0 Å².